The van der Waals surface area contributed by atoms with Crippen molar-refractivity contribution in [1.29, 1.82) is 0 Å². The van der Waals surface area contributed by atoms with Gasteiger partial charge in [-0.15, -0.1) is 0 Å². The summed E-state index contributed by atoms with van der Waals surface area (Å²) < 4.78 is 25.0. The summed E-state index contributed by atoms with van der Waals surface area (Å²) >= 11 is 1.37. The molecular weight excluding hydrogens is 308 g/mol. The largest absolute Gasteiger partial charge is 0.290 e. The Morgan fingerprint density at radius 3 is 2.67 bits per heavy atom. The molecule has 114 valence electrons. The number of benzene rings is 1. The van der Waals surface area contributed by atoms with Crippen LogP contribution in [-0.2, 0) is 14.6 Å². The monoisotopic (exact) mass is 326 g/mol. The van der Waals surface area contributed by atoms with Gasteiger partial charge in [0, 0.05) is 7.05 Å². The van der Waals surface area contributed by atoms with Gasteiger partial charge in [0.05, 0.1) is 16.0 Å². The van der Waals surface area contributed by atoms with E-state index in [9.17, 15) is 13.2 Å². The van der Waals surface area contributed by atoms with Crippen molar-refractivity contribution < 1.29 is 13.2 Å². The zero-order chi connectivity index (χ0) is 15.6. The molecule has 7 heteroatoms. The molecule has 0 radical (unpaired) electrons. The molecule has 0 saturated carbocycles. The highest BCUT2D eigenvalue weighted by Crippen LogP contribution is 2.28. The lowest BCUT2D eigenvalue weighted by Gasteiger charge is -2.18. The number of nitrogens with zero attached hydrogens (tertiary/aromatic N) is 2. The molecule has 0 unspecified atom stereocenters. The van der Waals surface area contributed by atoms with Crippen LogP contribution in [0.15, 0.2) is 24.3 Å². The van der Waals surface area contributed by atoms with Crippen LogP contribution >= 0.6 is 11.3 Å². The lowest BCUT2D eigenvalue weighted by Crippen LogP contribution is -2.40. The third kappa shape index (κ3) is 3.24. The Labute approximate surface area is 128 Å². The third-order valence-electron chi connectivity index (χ3n) is 3.28. The van der Waals surface area contributed by atoms with Gasteiger partial charge in [-0.2, -0.15) is 0 Å². The van der Waals surface area contributed by atoms with E-state index in [0.717, 1.165) is 10.2 Å². The average molecular weight is 326 g/mol. The van der Waals surface area contributed by atoms with Crippen molar-refractivity contribution in [2.45, 2.75) is 25.5 Å². The summed E-state index contributed by atoms with van der Waals surface area (Å²) in [5, 5.41) is -0.533. The summed E-state index contributed by atoms with van der Waals surface area (Å²) in [5.74, 6) is -0.421. The van der Waals surface area contributed by atoms with Gasteiger partial charge in [0.2, 0.25) is 5.91 Å². The van der Waals surface area contributed by atoms with E-state index in [1.807, 2.05) is 24.3 Å². The van der Waals surface area contributed by atoms with Crippen molar-refractivity contribution in [1.82, 2.24) is 4.98 Å². The van der Waals surface area contributed by atoms with Crippen LogP contribution in [0.5, 0.6) is 0 Å². The van der Waals surface area contributed by atoms with Crippen LogP contribution in [-0.4, -0.2) is 37.4 Å². The molecule has 0 N–H and O–H groups in total. The Hall–Kier alpha value is -1.47. The summed E-state index contributed by atoms with van der Waals surface area (Å²) in [6.45, 7) is 3.23. The van der Waals surface area contributed by atoms with Gasteiger partial charge < -0.3 is 0 Å². The molecule has 2 rings (SSSR count). The number of sulfone groups is 1. The van der Waals surface area contributed by atoms with Crippen LogP contribution in [0.1, 0.15) is 20.3 Å². The van der Waals surface area contributed by atoms with Crippen molar-refractivity contribution in [3.8, 4) is 0 Å². The number of carbonyl (C=O) groups is 1. The van der Waals surface area contributed by atoms with Gasteiger partial charge >= 0.3 is 0 Å². The van der Waals surface area contributed by atoms with Gasteiger partial charge in [-0.05, 0) is 25.5 Å². The predicted octanol–water partition coefficient (Wildman–Crippen LogP) is 2.47. The SMILES string of the molecule is CCCS(=O)(=O)[C@@H](C)C(=O)N(C)c1nc2ccccc2s1. The Bertz CT molecular complexity index is 719. The number of para-hydroxylation sites is 1. The molecular formula is C14H18N2O3S2. The van der Waals surface area contributed by atoms with E-state index < -0.39 is 21.0 Å². The molecule has 2 aromatic rings. The lowest BCUT2D eigenvalue weighted by molar-refractivity contribution is -0.117. The fraction of sp³-hybridized carbons (Fsp3) is 0.429. The molecule has 0 saturated heterocycles. The lowest BCUT2D eigenvalue weighted by atomic mass is 10.3. The van der Waals surface area contributed by atoms with Gasteiger partial charge in [0.15, 0.2) is 15.0 Å². The minimum absolute atomic E-state index is 0.0214. The Balaban J connectivity index is 2.26. The average Bonchev–Trinajstić information content (AvgIpc) is 2.88. The number of aromatic nitrogens is 1. The fourth-order valence-electron chi connectivity index (χ4n) is 1.99. The first kappa shape index (κ1) is 15.9. The highest BCUT2D eigenvalue weighted by Gasteiger charge is 2.31. The zero-order valence-electron chi connectivity index (χ0n) is 12.2. The van der Waals surface area contributed by atoms with Crippen LogP contribution in [0, 0.1) is 0 Å². The Morgan fingerprint density at radius 1 is 1.38 bits per heavy atom. The molecule has 0 aliphatic heterocycles. The molecule has 1 atom stereocenters. The quantitative estimate of drug-likeness (QED) is 0.846. The molecule has 0 spiro atoms. The van der Waals surface area contributed by atoms with Crippen LogP contribution in [0.25, 0.3) is 10.2 Å². The van der Waals surface area contributed by atoms with Crippen LogP contribution in [0.4, 0.5) is 5.13 Å². The predicted molar refractivity (Wildman–Crippen MR) is 86.6 cm³/mol. The number of hydrogen-bond acceptors (Lipinski definition) is 5. The second-order valence-electron chi connectivity index (χ2n) is 4.87. The maximum absolute atomic E-state index is 12.4. The molecule has 21 heavy (non-hydrogen) atoms. The molecule has 1 amide bonds. The van der Waals surface area contributed by atoms with Crippen LogP contribution < -0.4 is 4.90 Å². The summed E-state index contributed by atoms with van der Waals surface area (Å²) in [6, 6.07) is 7.57. The number of rotatable bonds is 5. The first-order chi connectivity index (χ1) is 9.86. The van der Waals surface area contributed by atoms with Gasteiger partial charge in [0.1, 0.15) is 5.25 Å². The topological polar surface area (TPSA) is 67.3 Å². The maximum Gasteiger partial charge on any atom is 0.246 e. The van der Waals surface area contributed by atoms with E-state index in [0.29, 0.717) is 11.6 Å². The Kier molecular flexibility index (Phi) is 4.63. The molecule has 1 aromatic heterocycles. The second-order valence-corrected chi connectivity index (χ2v) is 8.32. The van der Waals surface area contributed by atoms with E-state index in [1.165, 1.54) is 23.2 Å². The highest BCUT2D eigenvalue weighted by atomic mass is 32.2. The number of thiazole rings is 1. The van der Waals surface area contributed by atoms with Gasteiger partial charge in [-0.25, -0.2) is 13.4 Å². The number of hydrogen-bond donors (Lipinski definition) is 0. The minimum atomic E-state index is -3.41. The first-order valence-electron chi connectivity index (χ1n) is 6.71. The molecule has 1 heterocycles. The van der Waals surface area contributed by atoms with E-state index in [4.69, 9.17) is 0 Å². The molecule has 5 nitrogen and oxygen atoms in total. The van der Waals surface area contributed by atoms with Crippen molar-refractivity contribution in [2.75, 3.05) is 17.7 Å². The van der Waals surface area contributed by atoms with Gasteiger partial charge in [-0.1, -0.05) is 30.4 Å². The molecule has 0 bridgehead atoms. The van der Waals surface area contributed by atoms with E-state index >= 15 is 0 Å². The number of anilines is 1. The molecule has 0 aliphatic rings. The smallest absolute Gasteiger partial charge is 0.246 e. The summed E-state index contributed by atoms with van der Waals surface area (Å²) in [5.41, 5.74) is 0.807. The molecule has 0 fully saturated rings. The van der Waals surface area contributed by atoms with Crippen molar-refractivity contribution >= 4 is 42.4 Å². The third-order valence-corrected chi connectivity index (χ3v) is 6.64. The highest BCUT2D eigenvalue weighted by molar-refractivity contribution is 7.92. The first-order valence-corrected chi connectivity index (χ1v) is 9.24. The number of fused-ring (bicyclic) bond motifs is 1. The summed E-state index contributed by atoms with van der Waals surface area (Å²) in [7, 11) is -1.84. The maximum atomic E-state index is 12.4. The molecule has 0 aliphatic carbocycles. The van der Waals surface area contributed by atoms with E-state index in [-0.39, 0.29) is 5.75 Å². The van der Waals surface area contributed by atoms with Crippen LogP contribution in [0.2, 0.25) is 0 Å². The second kappa shape index (κ2) is 6.11. The number of amides is 1. The van der Waals surface area contributed by atoms with Gasteiger partial charge in [0.25, 0.3) is 0 Å². The van der Waals surface area contributed by atoms with Crippen molar-refractivity contribution in [2.24, 2.45) is 0 Å². The van der Waals surface area contributed by atoms with Gasteiger partial charge in [-0.3, -0.25) is 9.69 Å². The van der Waals surface area contributed by atoms with E-state index in [2.05, 4.69) is 4.98 Å². The summed E-state index contributed by atoms with van der Waals surface area (Å²) in [4.78, 5) is 18.1. The van der Waals surface area contributed by atoms with Crippen molar-refractivity contribution in [3.05, 3.63) is 24.3 Å². The minimum Gasteiger partial charge on any atom is -0.290 e. The van der Waals surface area contributed by atoms with E-state index in [1.54, 1.807) is 14.0 Å². The standard InChI is InChI=1S/C14H18N2O3S2/c1-4-9-21(18,19)10(2)13(17)16(3)14-15-11-7-5-6-8-12(11)20-14/h5-8,10H,4,9H2,1-3H3/t10-/m0/s1. The Morgan fingerprint density at radius 2 is 2.05 bits per heavy atom. The van der Waals surface area contributed by atoms with Crippen molar-refractivity contribution in [3.63, 3.8) is 0 Å². The fourth-order valence-corrected chi connectivity index (χ4v) is 4.31. The zero-order valence-corrected chi connectivity index (χ0v) is 13.9. The normalized spacial score (nSPS) is 13.3. The molecule has 1 aromatic carbocycles. The van der Waals surface area contributed by atoms with Crippen LogP contribution in [0.3, 0.4) is 0 Å². The summed E-state index contributed by atoms with van der Waals surface area (Å²) in [6.07, 6.45) is 0.505. The number of carbonyl (C=O) groups excluding carboxylic acids is 1.